The van der Waals surface area contributed by atoms with Gasteiger partial charge in [0.25, 0.3) is 0 Å². The number of carboxylic acid groups (broad SMARTS) is 1. The summed E-state index contributed by atoms with van der Waals surface area (Å²) in [5, 5.41) is 12.3. The summed E-state index contributed by atoms with van der Waals surface area (Å²) >= 11 is 0. The lowest BCUT2D eigenvalue weighted by Gasteiger charge is -2.28. The summed E-state index contributed by atoms with van der Waals surface area (Å²) in [6.45, 7) is 8.90. The van der Waals surface area contributed by atoms with Crippen molar-refractivity contribution in [2.24, 2.45) is 5.92 Å². The maximum Gasteiger partial charge on any atom is 0.323 e. The Bertz CT molecular complexity index is 174. The van der Waals surface area contributed by atoms with E-state index in [-0.39, 0.29) is 0 Å². The molecule has 0 unspecified atom stereocenters. The van der Waals surface area contributed by atoms with Gasteiger partial charge in [0.2, 0.25) is 0 Å². The second-order valence-electron chi connectivity index (χ2n) is 4.20. The lowest BCUT2D eigenvalue weighted by molar-refractivity contribution is -0.145. The lowest BCUT2D eigenvalue weighted by atomic mass is 9.92. The first-order valence-electron chi connectivity index (χ1n) is 5.47. The van der Waals surface area contributed by atoms with Crippen LogP contribution in [0.1, 0.15) is 47.0 Å². The Kier molecular flexibility index (Phi) is 5.77. The molecule has 0 aromatic heterocycles. The molecule has 0 aromatic rings. The second-order valence-corrected chi connectivity index (χ2v) is 4.20. The Hall–Kier alpha value is -0.570. The van der Waals surface area contributed by atoms with E-state index in [0.717, 1.165) is 13.0 Å². The second kappa shape index (κ2) is 6.02. The van der Waals surface area contributed by atoms with Gasteiger partial charge in [-0.2, -0.15) is 0 Å². The zero-order chi connectivity index (χ0) is 11.2. The van der Waals surface area contributed by atoms with Crippen molar-refractivity contribution in [3.05, 3.63) is 0 Å². The van der Waals surface area contributed by atoms with Crippen molar-refractivity contribution in [2.75, 3.05) is 6.54 Å². The van der Waals surface area contributed by atoms with Crippen molar-refractivity contribution in [2.45, 2.75) is 52.5 Å². The molecule has 84 valence electrons. The average molecular weight is 201 g/mol. The van der Waals surface area contributed by atoms with Crippen molar-refractivity contribution in [1.82, 2.24) is 5.32 Å². The van der Waals surface area contributed by atoms with E-state index in [2.05, 4.69) is 19.2 Å². The molecular weight excluding hydrogens is 178 g/mol. The molecule has 0 aliphatic rings. The van der Waals surface area contributed by atoms with Crippen LogP contribution in [0.3, 0.4) is 0 Å². The van der Waals surface area contributed by atoms with Crippen LogP contribution in [0.15, 0.2) is 0 Å². The van der Waals surface area contributed by atoms with Gasteiger partial charge < -0.3 is 10.4 Å². The predicted octanol–water partition coefficient (Wildman–Crippen LogP) is 2.27. The fraction of sp³-hybridized carbons (Fsp3) is 0.909. The molecule has 0 radical (unpaired) electrons. The molecule has 0 heterocycles. The van der Waals surface area contributed by atoms with E-state index in [9.17, 15) is 4.79 Å². The SMILES string of the molecule is CCC(CC)(NCCC(C)C)C(=O)O. The molecule has 0 atom stereocenters. The van der Waals surface area contributed by atoms with Crippen molar-refractivity contribution in [3.8, 4) is 0 Å². The molecule has 0 aliphatic carbocycles. The quantitative estimate of drug-likeness (QED) is 0.664. The van der Waals surface area contributed by atoms with Crippen LogP contribution in [0.2, 0.25) is 0 Å². The minimum Gasteiger partial charge on any atom is -0.480 e. The number of hydrogen-bond donors (Lipinski definition) is 2. The maximum absolute atomic E-state index is 11.1. The van der Waals surface area contributed by atoms with Crippen LogP contribution < -0.4 is 5.32 Å². The van der Waals surface area contributed by atoms with Crippen molar-refractivity contribution in [1.29, 1.82) is 0 Å². The van der Waals surface area contributed by atoms with Crippen LogP contribution in [0.5, 0.6) is 0 Å². The summed E-state index contributed by atoms with van der Waals surface area (Å²) in [6, 6.07) is 0. The van der Waals surface area contributed by atoms with Crippen LogP contribution in [-0.4, -0.2) is 23.2 Å². The van der Waals surface area contributed by atoms with Crippen LogP contribution in [0.4, 0.5) is 0 Å². The van der Waals surface area contributed by atoms with Gasteiger partial charge >= 0.3 is 5.97 Å². The van der Waals surface area contributed by atoms with Gasteiger partial charge in [0.05, 0.1) is 0 Å². The number of aliphatic carboxylic acids is 1. The van der Waals surface area contributed by atoms with Gasteiger partial charge in [0, 0.05) is 0 Å². The Morgan fingerprint density at radius 3 is 2.14 bits per heavy atom. The maximum atomic E-state index is 11.1. The highest BCUT2D eigenvalue weighted by atomic mass is 16.4. The fourth-order valence-corrected chi connectivity index (χ4v) is 1.48. The Labute approximate surface area is 86.9 Å². The monoisotopic (exact) mass is 201 g/mol. The summed E-state index contributed by atoms with van der Waals surface area (Å²) < 4.78 is 0. The van der Waals surface area contributed by atoms with E-state index in [1.54, 1.807) is 0 Å². The minimum absolute atomic E-state index is 0.614. The summed E-state index contributed by atoms with van der Waals surface area (Å²) in [7, 11) is 0. The first kappa shape index (κ1) is 13.4. The highest BCUT2D eigenvalue weighted by Crippen LogP contribution is 2.15. The van der Waals surface area contributed by atoms with E-state index >= 15 is 0 Å². The predicted molar refractivity (Wildman–Crippen MR) is 58.4 cm³/mol. The Balaban J connectivity index is 4.16. The van der Waals surface area contributed by atoms with E-state index < -0.39 is 11.5 Å². The molecule has 0 amide bonds. The largest absolute Gasteiger partial charge is 0.480 e. The zero-order valence-corrected chi connectivity index (χ0v) is 9.76. The molecule has 0 aliphatic heterocycles. The fourth-order valence-electron chi connectivity index (χ4n) is 1.48. The standard InChI is InChI=1S/C11H23NO2/c1-5-11(6-2,10(13)14)12-8-7-9(3)4/h9,12H,5-8H2,1-4H3,(H,13,14). The first-order chi connectivity index (χ1) is 6.48. The molecule has 0 aromatic carbocycles. The smallest absolute Gasteiger partial charge is 0.323 e. The minimum atomic E-state index is -0.730. The number of carbonyl (C=O) groups is 1. The van der Waals surface area contributed by atoms with Gasteiger partial charge in [-0.15, -0.1) is 0 Å². The van der Waals surface area contributed by atoms with E-state index in [1.165, 1.54) is 0 Å². The third-order valence-electron chi connectivity index (χ3n) is 2.80. The Morgan fingerprint density at radius 1 is 1.36 bits per heavy atom. The number of nitrogens with one attached hydrogen (secondary N) is 1. The van der Waals surface area contributed by atoms with E-state index in [4.69, 9.17) is 5.11 Å². The van der Waals surface area contributed by atoms with Crippen LogP contribution in [-0.2, 0) is 4.79 Å². The van der Waals surface area contributed by atoms with Crippen molar-refractivity contribution < 1.29 is 9.90 Å². The normalized spacial score (nSPS) is 12.1. The summed E-state index contributed by atoms with van der Waals surface area (Å²) in [5.74, 6) is -0.117. The molecule has 0 saturated heterocycles. The highest BCUT2D eigenvalue weighted by Gasteiger charge is 2.33. The summed E-state index contributed by atoms with van der Waals surface area (Å²) in [5.41, 5.74) is -0.713. The molecule has 0 spiro atoms. The average Bonchev–Trinajstić information content (AvgIpc) is 2.12. The van der Waals surface area contributed by atoms with Gasteiger partial charge in [0.1, 0.15) is 5.54 Å². The van der Waals surface area contributed by atoms with Crippen molar-refractivity contribution in [3.63, 3.8) is 0 Å². The van der Waals surface area contributed by atoms with Crippen LogP contribution in [0, 0.1) is 5.92 Å². The molecule has 0 bridgehead atoms. The van der Waals surface area contributed by atoms with Crippen LogP contribution >= 0.6 is 0 Å². The third-order valence-corrected chi connectivity index (χ3v) is 2.80. The van der Waals surface area contributed by atoms with Crippen LogP contribution in [0.25, 0.3) is 0 Å². The van der Waals surface area contributed by atoms with Gasteiger partial charge in [0.15, 0.2) is 0 Å². The Morgan fingerprint density at radius 2 is 1.86 bits per heavy atom. The third kappa shape index (κ3) is 3.66. The van der Waals surface area contributed by atoms with Gasteiger partial charge in [-0.05, 0) is 31.7 Å². The number of rotatable bonds is 7. The van der Waals surface area contributed by atoms with E-state index in [1.807, 2.05) is 13.8 Å². The highest BCUT2D eigenvalue weighted by molar-refractivity contribution is 5.78. The number of hydrogen-bond acceptors (Lipinski definition) is 2. The molecule has 3 nitrogen and oxygen atoms in total. The molecule has 0 saturated carbocycles. The molecule has 0 fully saturated rings. The zero-order valence-electron chi connectivity index (χ0n) is 9.76. The first-order valence-corrected chi connectivity index (χ1v) is 5.47. The molecule has 0 rings (SSSR count). The van der Waals surface area contributed by atoms with Gasteiger partial charge in [-0.3, -0.25) is 4.79 Å². The van der Waals surface area contributed by atoms with Gasteiger partial charge in [-0.25, -0.2) is 0 Å². The van der Waals surface area contributed by atoms with Gasteiger partial charge in [-0.1, -0.05) is 27.7 Å². The lowest BCUT2D eigenvalue weighted by Crippen LogP contribution is -2.51. The number of carboxylic acids is 1. The molecule has 2 N–H and O–H groups in total. The topological polar surface area (TPSA) is 49.3 Å². The summed E-state index contributed by atoms with van der Waals surface area (Å²) in [6.07, 6.45) is 2.29. The summed E-state index contributed by atoms with van der Waals surface area (Å²) in [4.78, 5) is 11.1. The molecular formula is C11H23NO2. The van der Waals surface area contributed by atoms with E-state index in [0.29, 0.717) is 18.8 Å². The van der Waals surface area contributed by atoms with Crippen molar-refractivity contribution >= 4 is 5.97 Å². The molecule has 3 heteroatoms. The molecule has 14 heavy (non-hydrogen) atoms.